The van der Waals surface area contributed by atoms with Crippen LogP contribution in [0.4, 0.5) is 28.0 Å². The summed E-state index contributed by atoms with van der Waals surface area (Å²) in [5, 5.41) is 13.5. The molecule has 7 nitrogen and oxygen atoms in total. The number of anilines is 1. The number of alkyl halides is 3. The van der Waals surface area contributed by atoms with Gasteiger partial charge in [-0.15, -0.1) is 11.3 Å². The summed E-state index contributed by atoms with van der Waals surface area (Å²) < 4.78 is 53.6. The molecule has 2 aromatic rings. The summed E-state index contributed by atoms with van der Waals surface area (Å²) in [7, 11) is 4.01. The zero-order valence-electron chi connectivity index (χ0n) is 22.2. The van der Waals surface area contributed by atoms with E-state index in [-0.39, 0.29) is 29.2 Å². The van der Waals surface area contributed by atoms with Crippen LogP contribution in [0.25, 0.3) is 0 Å². The van der Waals surface area contributed by atoms with Crippen molar-refractivity contribution in [3.05, 3.63) is 45.7 Å². The summed E-state index contributed by atoms with van der Waals surface area (Å²) >= 11 is 1.72. The second-order valence-corrected chi connectivity index (χ2v) is 12.5. The first-order chi connectivity index (χ1) is 18.5. The minimum absolute atomic E-state index is 0.00379. The van der Waals surface area contributed by atoms with Gasteiger partial charge < -0.3 is 25.1 Å². The van der Waals surface area contributed by atoms with Gasteiger partial charge in [-0.2, -0.15) is 13.2 Å². The van der Waals surface area contributed by atoms with E-state index >= 15 is 0 Å². The van der Waals surface area contributed by atoms with E-state index in [1.54, 1.807) is 16.2 Å². The Balaban J connectivity index is 1.31. The standard InChI is InChI=1S/C27H35F4N5O2S/c1-34(2)16-24-32-14-23(39-24)26-8-6-22(20(26)13-26)36(10-3-9-35-11-7-18(37)15-35)25(38)33-17-4-5-21(28)19(12-17)27(29,30)31/h4-5,12,14,18,20,22,37H,3,6-11,13,15-16H2,1-2H3,(H,33,38)/t18-,20-,22-,26+/m1/s1. The second kappa shape index (κ2) is 10.9. The van der Waals surface area contributed by atoms with E-state index < -0.39 is 23.6 Å². The Morgan fingerprint density at radius 1 is 1.31 bits per heavy atom. The van der Waals surface area contributed by atoms with Crippen molar-refractivity contribution in [3.63, 3.8) is 0 Å². The number of amides is 2. The smallest absolute Gasteiger partial charge is 0.392 e. The molecular weight excluding hydrogens is 534 g/mol. The number of urea groups is 1. The Bertz CT molecular complexity index is 1190. The molecule has 0 unspecified atom stereocenters. The van der Waals surface area contributed by atoms with Gasteiger partial charge in [0.2, 0.25) is 0 Å². The predicted octanol–water partition coefficient (Wildman–Crippen LogP) is 4.77. The third-order valence-corrected chi connectivity index (χ3v) is 9.49. The van der Waals surface area contributed by atoms with Gasteiger partial charge in [0.25, 0.3) is 0 Å². The molecule has 1 saturated heterocycles. The van der Waals surface area contributed by atoms with Crippen LogP contribution in [0.15, 0.2) is 24.4 Å². The molecule has 1 aromatic heterocycles. The lowest BCUT2D eigenvalue weighted by Gasteiger charge is -2.31. The van der Waals surface area contributed by atoms with Gasteiger partial charge in [0.15, 0.2) is 0 Å². The van der Waals surface area contributed by atoms with E-state index in [4.69, 9.17) is 0 Å². The minimum atomic E-state index is -4.86. The number of fused-ring (bicyclic) bond motifs is 1. The number of aromatic nitrogens is 1. The van der Waals surface area contributed by atoms with Crippen LogP contribution in [-0.2, 0) is 18.1 Å². The molecule has 2 N–H and O–H groups in total. The number of likely N-dealkylation sites (tertiary alicyclic amines) is 1. The summed E-state index contributed by atoms with van der Waals surface area (Å²) in [6.45, 7) is 3.35. The van der Waals surface area contributed by atoms with Crippen molar-refractivity contribution in [3.8, 4) is 0 Å². The highest BCUT2D eigenvalue weighted by atomic mass is 32.1. The lowest BCUT2D eigenvalue weighted by Crippen LogP contribution is -2.44. The summed E-state index contributed by atoms with van der Waals surface area (Å²) in [6, 6.07) is 2.03. The van der Waals surface area contributed by atoms with Crippen LogP contribution in [0.2, 0.25) is 0 Å². The van der Waals surface area contributed by atoms with Gasteiger partial charge >= 0.3 is 12.2 Å². The average molecular weight is 570 g/mol. The van der Waals surface area contributed by atoms with Crippen LogP contribution in [0.5, 0.6) is 0 Å². The van der Waals surface area contributed by atoms with Gasteiger partial charge in [0, 0.05) is 54.4 Å². The van der Waals surface area contributed by atoms with Crippen molar-refractivity contribution in [1.29, 1.82) is 0 Å². The van der Waals surface area contributed by atoms with Crippen molar-refractivity contribution in [2.75, 3.05) is 45.6 Å². The van der Waals surface area contributed by atoms with E-state index in [0.29, 0.717) is 25.6 Å². The summed E-state index contributed by atoms with van der Waals surface area (Å²) in [4.78, 5) is 25.4. The molecule has 1 aromatic carbocycles. The molecule has 12 heteroatoms. The minimum Gasteiger partial charge on any atom is -0.392 e. The van der Waals surface area contributed by atoms with Gasteiger partial charge in [-0.3, -0.25) is 0 Å². The van der Waals surface area contributed by atoms with Crippen molar-refractivity contribution < 1.29 is 27.5 Å². The van der Waals surface area contributed by atoms with Gasteiger partial charge in [-0.1, -0.05) is 0 Å². The largest absolute Gasteiger partial charge is 0.419 e. The number of nitrogens with one attached hydrogen (secondary N) is 1. The lowest BCUT2D eigenvalue weighted by atomic mass is 10.0. The SMILES string of the molecule is CN(C)Cc1ncc([C@]23CC[C@@H](N(CCCN4CC[C@@H](O)C4)C(=O)Nc4ccc(F)c(C(F)(F)F)c4)[C@H]2C3)s1. The fourth-order valence-electron chi connectivity index (χ4n) is 6.31. The number of hydrogen-bond acceptors (Lipinski definition) is 6. The first kappa shape index (κ1) is 28.3. The first-order valence-electron chi connectivity index (χ1n) is 13.4. The zero-order valence-corrected chi connectivity index (χ0v) is 23.0. The molecule has 2 amide bonds. The zero-order chi connectivity index (χ0) is 27.9. The van der Waals surface area contributed by atoms with E-state index in [1.165, 1.54) is 4.88 Å². The van der Waals surface area contributed by atoms with Gasteiger partial charge in [0.05, 0.1) is 11.7 Å². The number of aliphatic hydroxyl groups excluding tert-OH is 1. The highest BCUT2D eigenvalue weighted by Gasteiger charge is 2.65. The van der Waals surface area contributed by atoms with Crippen LogP contribution < -0.4 is 5.32 Å². The van der Waals surface area contributed by atoms with E-state index in [1.807, 2.05) is 20.3 Å². The van der Waals surface area contributed by atoms with Crippen molar-refractivity contribution in [1.82, 2.24) is 19.7 Å². The predicted molar refractivity (Wildman–Crippen MR) is 141 cm³/mol. The highest BCUT2D eigenvalue weighted by molar-refractivity contribution is 7.11. The lowest BCUT2D eigenvalue weighted by molar-refractivity contribution is -0.139. The average Bonchev–Trinajstić information content (AvgIpc) is 3.17. The summed E-state index contributed by atoms with van der Waals surface area (Å²) in [5.74, 6) is -1.11. The Labute approximate surface area is 229 Å². The Hall–Kier alpha value is -2.28. The number of thiazole rings is 1. The normalized spacial score (nSPS) is 26.7. The van der Waals surface area contributed by atoms with Gasteiger partial charge in [0.1, 0.15) is 10.8 Å². The highest BCUT2D eigenvalue weighted by Crippen LogP contribution is 2.66. The number of rotatable bonds is 9. The number of carbonyl (C=O) groups excluding carboxylic acids is 1. The molecule has 0 radical (unpaired) electrons. The maximum atomic E-state index is 13.8. The van der Waals surface area contributed by atoms with Gasteiger partial charge in [-0.05, 0) is 76.9 Å². The number of aliphatic hydroxyl groups is 1. The topological polar surface area (TPSA) is 71.9 Å². The van der Waals surface area contributed by atoms with E-state index in [0.717, 1.165) is 62.5 Å². The van der Waals surface area contributed by atoms with E-state index in [9.17, 15) is 27.5 Å². The molecule has 3 fully saturated rings. The monoisotopic (exact) mass is 569 g/mol. The number of halogens is 4. The van der Waals surface area contributed by atoms with Crippen LogP contribution in [-0.4, -0.2) is 83.2 Å². The number of hydrogen-bond donors (Lipinski definition) is 2. The van der Waals surface area contributed by atoms with Crippen molar-refractivity contribution in [2.24, 2.45) is 5.92 Å². The number of β-amino-alcohol motifs (C(OH)–C–C–N with tert-alkyl or cyclic N) is 1. The molecule has 1 aliphatic heterocycles. The Morgan fingerprint density at radius 3 is 2.77 bits per heavy atom. The van der Waals surface area contributed by atoms with E-state index in [2.05, 4.69) is 20.1 Å². The quantitative estimate of drug-likeness (QED) is 0.426. The molecular formula is C27H35F4N5O2S. The molecule has 5 rings (SSSR count). The number of carbonyl (C=O) groups is 1. The van der Waals surface area contributed by atoms with Crippen molar-refractivity contribution >= 4 is 23.1 Å². The fourth-order valence-corrected chi connectivity index (χ4v) is 7.64. The third-order valence-electron chi connectivity index (χ3n) is 8.29. The Morgan fingerprint density at radius 2 is 2.10 bits per heavy atom. The molecule has 39 heavy (non-hydrogen) atoms. The van der Waals surface area contributed by atoms with Crippen LogP contribution in [0, 0.1) is 11.7 Å². The Kier molecular flexibility index (Phi) is 7.93. The number of benzene rings is 1. The molecule has 0 bridgehead atoms. The summed E-state index contributed by atoms with van der Waals surface area (Å²) in [6.07, 6.45) is 0.884. The van der Waals surface area contributed by atoms with Crippen LogP contribution >= 0.6 is 11.3 Å². The molecule has 2 aliphatic carbocycles. The molecule has 214 valence electrons. The molecule has 3 aliphatic rings. The van der Waals surface area contributed by atoms with Crippen molar-refractivity contribution in [2.45, 2.75) is 62.4 Å². The maximum absolute atomic E-state index is 13.8. The third kappa shape index (κ3) is 6.08. The summed E-state index contributed by atoms with van der Waals surface area (Å²) in [5.41, 5.74) is -1.48. The number of nitrogens with zero attached hydrogens (tertiary/aromatic N) is 4. The fraction of sp³-hybridized carbons (Fsp3) is 0.630. The van der Waals surface area contributed by atoms with Gasteiger partial charge in [-0.25, -0.2) is 14.2 Å². The molecule has 2 heterocycles. The van der Waals surface area contributed by atoms with Crippen LogP contribution in [0.3, 0.4) is 0 Å². The molecule has 2 saturated carbocycles. The maximum Gasteiger partial charge on any atom is 0.419 e. The first-order valence-corrected chi connectivity index (χ1v) is 14.2. The molecule has 4 atom stereocenters. The second-order valence-electron chi connectivity index (χ2n) is 11.3. The van der Waals surface area contributed by atoms with Crippen LogP contribution in [0.1, 0.15) is 47.6 Å². The molecule has 0 spiro atoms.